The monoisotopic (exact) mass is 266 g/mol. The highest BCUT2D eigenvalue weighted by Gasteiger charge is 2.24. The van der Waals surface area contributed by atoms with E-state index in [-0.39, 0.29) is 11.5 Å². The fourth-order valence-electron chi connectivity index (χ4n) is 2.08. The van der Waals surface area contributed by atoms with E-state index in [2.05, 4.69) is 32.9 Å². The lowest BCUT2D eigenvalue weighted by Crippen LogP contribution is -2.29. The molecule has 2 rings (SSSR count). The minimum Gasteiger partial charge on any atom is -0.386 e. The van der Waals surface area contributed by atoms with Gasteiger partial charge in [-0.3, -0.25) is 0 Å². The molecule has 0 amide bonds. The van der Waals surface area contributed by atoms with Crippen LogP contribution in [0, 0.1) is 0 Å². The van der Waals surface area contributed by atoms with Crippen molar-refractivity contribution in [1.29, 1.82) is 0 Å². The molecule has 0 bridgehead atoms. The summed E-state index contributed by atoms with van der Waals surface area (Å²) in [6, 6.07) is 8.25. The van der Waals surface area contributed by atoms with Crippen molar-refractivity contribution in [3.8, 4) is 0 Å². The molecule has 0 aliphatic carbocycles. The number of aliphatic hydroxyl groups excluding tert-OH is 1. The Bertz CT molecular complexity index is 374. The third kappa shape index (κ3) is 3.28. The third-order valence-corrected chi connectivity index (χ3v) is 4.33. The first-order valence-corrected chi connectivity index (χ1v) is 7.62. The highest BCUT2D eigenvalue weighted by Crippen LogP contribution is 2.28. The Kier molecular flexibility index (Phi) is 4.36. The van der Waals surface area contributed by atoms with Gasteiger partial charge in [0, 0.05) is 11.5 Å². The molecule has 0 aromatic heterocycles. The van der Waals surface area contributed by atoms with Crippen LogP contribution in [0.2, 0.25) is 0 Å². The molecule has 1 fully saturated rings. The highest BCUT2D eigenvalue weighted by atomic mass is 32.2. The van der Waals surface area contributed by atoms with E-state index in [0.29, 0.717) is 0 Å². The second kappa shape index (κ2) is 5.64. The average molecular weight is 266 g/mol. The number of ether oxygens (including phenoxy) is 1. The Morgan fingerprint density at radius 3 is 2.44 bits per heavy atom. The minimum absolute atomic E-state index is 0.0655. The van der Waals surface area contributed by atoms with Crippen LogP contribution in [0.1, 0.15) is 38.0 Å². The molecule has 100 valence electrons. The maximum Gasteiger partial charge on any atom is 0.106 e. The van der Waals surface area contributed by atoms with Crippen LogP contribution in [0.3, 0.4) is 0 Å². The van der Waals surface area contributed by atoms with Crippen molar-refractivity contribution in [3.63, 3.8) is 0 Å². The Morgan fingerprint density at radius 2 is 1.94 bits per heavy atom. The van der Waals surface area contributed by atoms with Crippen molar-refractivity contribution < 1.29 is 9.84 Å². The zero-order valence-corrected chi connectivity index (χ0v) is 12.2. The van der Waals surface area contributed by atoms with Crippen LogP contribution in [0.5, 0.6) is 0 Å². The Balaban J connectivity index is 2.09. The van der Waals surface area contributed by atoms with Crippen LogP contribution < -0.4 is 0 Å². The first kappa shape index (κ1) is 13.9. The van der Waals surface area contributed by atoms with Crippen molar-refractivity contribution in [1.82, 2.24) is 0 Å². The molecule has 1 aliphatic rings. The summed E-state index contributed by atoms with van der Waals surface area (Å²) in [5, 5.41) is 10.3. The van der Waals surface area contributed by atoms with Crippen molar-refractivity contribution in [2.75, 3.05) is 18.1 Å². The molecule has 1 N–H and O–H groups in total. The summed E-state index contributed by atoms with van der Waals surface area (Å²) < 4.78 is 5.62. The number of hydrogen-bond donors (Lipinski definition) is 1. The van der Waals surface area contributed by atoms with Crippen molar-refractivity contribution >= 4 is 11.8 Å². The summed E-state index contributed by atoms with van der Waals surface area (Å²) >= 11 is 1.85. The van der Waals surface area contributed by atoms with E-state index >= 15 is 0 Å². The quantitative estimate of drug-likeness (QED) is 0.891. The lowest BCUT2D eigenvalue weighted by atomic mass is 9.86. The fraction of sp³-hybridized carbons (Fsp3) is 0.600. The van der Waals surface area contributed by atoms with E-state index < -0.39 is 6.10 Å². The summed E-state index contributed by atoms with van der Waals surface area (Å²) in [5.41, 5.74) is 2.40. The number of benzene rings is 1. The molecule has 0 radical (unpaired) electrons. The molecule has 1 aromatic rings. The van der Waals surface area contributed by atoms with Crippen molar-refractivity contribution in [3.05, 3.63) is 35.4 Å². The Labute approximate surface area is 114 Å². The van der Waals surface area contributed by atoms with Gasteiger partial charge in [0.2, 0.25) is 0 Å². The maximum atomic E-state index is 10.3. The van der Waals surface area contributed by atoms with Crippen LogP contribution in [0.15, 0.2) is 24.3 Å². The van der Waals surface area contributed by atoms with E-state index in [9.17, 15) is 5.11 Å². The van der Waals surface area contributed by atoms with Gasteiger partial charge in [-0.2, -0.15) is 11.8 Å². The third-order valence-electron chi connectivity index (χ3n) is 3.31. The van der Waals surface area contributed by atoms with Gasteiger partial charge in [-0.15, -0.1) is 0 Å². The zero-order valence-electron chi connectivity index (χ0n) is 11.3. The molecular formula is C15H22O2S. The van der Waals surface area contributed by atoms with Gasteiger partial charge in [0.25, 0.3) is 0 Å². The molecule has 0 saturated carbocycles. The maximum absolute atomic E-state index is 10.3. The van der Waals surface area contributed by atoms with Gasteiger partial charge in [0.1, 0.15) is 6.10 Å². The molecule has 2 nitrogen and oxygen atoms in total. The Hall–Kier alpha value is -0.510. The number of thioether (sulfide) groups is 1. The van der Waals surface area contributed by atoms with E-state index in [1.807, 2.05) is 23.9 Å². The molecule has 0 spiro atoms. The standard InChI is InChI=1S/C15H22O2S/c1-15(2,3)12-6-4-11(5-7-12)14(16)13-10-18-9-8-17-13/h4-7,13-14,16H,8-10H2,1-3H3. The summed E-state index contributed by atoms with van der Waals surface area (Å²) in [6.45, 7) is 7.32. The van der Waals surface area contributed by atoms with E-state index in [1.165, 1.54) is 5.56 Å². The van der Waals surface area contributed by atoms with Gasteiger partial charge in [0.05, 0.1) is 12.7 Å². The number of aliphatic hydroxyl groups is 1. The fourth-order valence-corrected chi connectivity index (χ4v) is 2.97. The normalized spacial score (nSPS) is 22.8. The van der Waals surface area contributed by atoms with Gasteiger partial charge < -0.3 is 9.84 Å². The molecule has 3 heteroatoms. The largest absolute Gasteiger partial charge is 0.386 e. The number of rotatable bonds is 2. The first-order valence-electron chi connectivity index (χ1n) is 6.46. The average Bonchev–Trinajstić information content (AvgIpc) is 2.38. The van der Waals surface area contributed by atoms with Crippen LogP contribution in [-0.4, -0.2) is 29.3 Å². The van der Waals surface area contributed by atoms with E-state index in [1.54, 1.807) is 0 Å². The topological polar surface area (TPSA) is 29.5 Å². The summed E-state index contributed by atoms with van der Waals surface area (Å²) in [4.78, 5) is 0. The molecule has 1 aliphatic heterocycles. The van der Waals surface area contributed by atoms with Gasteiger partial charge in [-0.05, 0) is 16.5 Å². The molecule has 18 heavy (non-hydrogen) atoms. The lowest BCUT2D eigenvalue weighted by molar-refractivity contribution is -0.0227. The van der Waals surface area contributed by atoms with Crippen molar-refractivity contribution in [2.24, 2.45) is 0 Å². The molecule has 2 unspecified atom stereocenters. The second-order valence-electron chi connectivity index (χ2n) is 5.80. The summed E-state index contributed by atoms with van der Waals surface area (Å²) in [7, 11) is 0. The van der Waals surface area contributed by atoms with E-state index in [0.717, 1.165) is 23.7 Å². The van der Waals surface area contributed by atoms with Crippen LogP contribution >= 0.6 is 11.8 Å². The van der Waals surface area contributed by atoms with E-state index in [4.69, 9.17) is 4.74 Å². The van der Waals surface area contributed by atoms with Gasteiger partial charge in [-0.1, -0.05) is 45.0 Å². The predicted octanol–water partition coefficient (Wildman–Crippen LogP) is 3.15. The minimum atomic E-state index is -0.508. The lowest BCUT2D eigenvalue weighted by Gasteiger charge is -2.27. The van der Waals surface area contributed by atoms with Crippen LogP contribution in [0.25, 0.3) is 0 Å². The molecule has 1 heterocycles. The Morgan fingerprint density at radius 1 is 1.28 bits per heavy atom. The number of hydrogen-bond acceptors (Lipinski definition) is 3. The molecule has 2 atom stereocenters. The van der Waals surface area contributed by atoms with Crippen molar-refractivity contribution in [2.45, 2.75) is 38.4 Å². The smallest absolute Gasteiger partial charge is 0.106 e. The SMILES string of the molecule is CC(C)(C)c1ccc(C(O)C2CSCCO2)cc1. The first-order chi connectivity index (χ1) is 8.48. The highest BCUT2D eigenvalue weighted by molar-refractivity contribution is 7.99. The zero-order chi connectivity index (χ0) is 13.2. The second-order valence-corrected chi connectivity index (χ2v) is 6.95. The molecular weight excluding hydrogens is 244 g/mol. The summed E-state index contributed by atoms with van der Waals surface area (Å²) in [6.07, 6.45) is -0.573. The van der Waals surface area contributed by atoms with Crippen LogP contribution in [-0.2, 0) is 10.2 Å². The van der Waals surface area contributed by atoms with Gasteiger partial charge in [-0.25, -0.2) is 0 Å². The summed E-state index contributed by atoms with van der Waals surface area (Å²) in [5.74, 6) is 1.91. The predicted molar refractivity (Wildman–Crippen MR) is 77.2 cm³/mol. The van der Waals surface area contributed by atoms with Crippen LogP contribution in [0.4, 0.5) is 0 Å². The molecule has 1 saturated heterocycles. The van der Waals surface area contributed by atoms with Gasteiger partial charge >= 0.3 is 0 Å². The van der Waals surface area contributed by atoms with Gasteiger partial charge in [0.15, 0.2) is 0 Å². The molecule has 1 aromatic carbocycles.